The molecule has 452 valence electrons. The number of likely N-dealkylation sites (tertiary alicyclic amines) is 1. The van der Waals surface area contributed by atoms with Crippen LogP contribution in [0.25, 0.3) is 33.2 Å². The van der Waals surface area contributed by atoms with Crippen LogP contribution in [0.3, 0.4) is 0 Å². The third-order valence-corrected chi connectivity index (χ3v) is 17.0. The molecular weight excluding hydrogens is 1350 g/mol. The van der Waals surface area contributed by atoms with Gasteiger partial charge in [-0.15, -0.1) is 0 Å². The molecule has 2 aliphatic heterocycles. The number of nitrogens with one attached hydrogen (secondary N) is 5. The number of fused-ring (bicyclic) bond motifs is 2. The van der Waals surface area contributed by atoms with Gasteiger partial charge in [0.25, 0.3) is 22.2 Å². The maximum absolute atomic E-state index is 15.0. The number of anilines is 6. The Morgan fingerprint density at radius 1 is 0.586 bits per heavy atom. The van der Waals surface area contributed by atoms with Gasteiger partial charge in [-0.2, -0.15) is 0 Å². The van der Waals surface area contributed by atoms with E-state index in [2.05, 4.69) is 26.6 Å². The minimum atomic E-state index is -0.648. The van der Waals surface area contributed by atoms with Gasteiger partial charge in [0, 0.05) is 82.0 Å². The van der Waals surface area contributed by atoms with Crippen molar-refractivity contribution in [3.63, 3.8) is 0 Å². The van der Waals surface area contributed by atoms with Crippen molar-refractivity contribution in [1.29, 1.82) is 0 Å². The van der Waals surface area contributed by atoms with E-state index in [4.69, 9.17) is 4.74 Å². The lowest BCUT2D eigenvalue weighted by molar-refractivity contribution is -0.124. The van der Waals surface area contributed by atoms with Gasteiger partial charge in [0.15, 0.2) is 0 Å². The summed E-state index contributed by atoms with van der Waals surface area (Å²) in [5.41, 5.74) is -1.61. The average molecular weight is 1410 g/mol. The number of carbonyl (C=O) groups excluding carboxylic acids is 3. The fourth-order valence-electron chi connectivity index (χ4n) is 10.7. The van der Waals surface area contributed by atoms with Crippen LogP contribution in [0.15, 0.2) is 114 Å². The minimum absolute atomic E-state index is 0.0489. The topological polar surface area (TPSA) is 256 Å². The second-order valence-electron chi connectivity index (χ2n) is 23.2. The van der Waals surface area contributed by atoms with E-state index in [1.54, 1.807) is 88.4 Å². The highest BCUT2D eigenvalue weighted by Gasteiger charge is 2.39. The number of ether oxygens (including phenoxy) is 1. The number of aromatic nitrogens is 6. The van der Waals surface area contributed by atoms with E-state index < -0.39 is 62.9 Å². The number of pyridine rings is 2. The van der Waals surface area contributed by atoms with Gasteiger partial charge in [-0.05, 0) is 178 Å². The molecule has 4 aliphatic rings. The van der Waals surface area contributed by atoms with Crippen molar-refractivity contribution >= 4 is 119 Å². The summed E-state index contributed by atoms with van der Waals surface area (Å²) in [4.78, 5) is 122. The molecule has 87 heavy (non-hydrogen) atoms. The lowest BCUT2D eigenvalue weighted by Gasteiger charge is -2.38. The summed E-state index contributed by atoms with van der Waals surface area (Å²) in [5.74, 6) is -2.01. The molecule has 26 heteroatoms. The summed E-state index contributed by atoms with van der Waals surface area (Å²) < 4.78 is 44.2. The Morgan fingerprint density at radius 2 is 1.00 bits per heavy atom. The second-order valence-corrected chi connectivity index (χ2v) is 25.7. The molecule has 2 saturated heterocycles. The quantitative estimate of drug-likeness (QED) is 0.0730. The molecule has 0 unspecified atom stereocenters. The van der Waals surface area contributed by atoms with Crippen LogP contribution in [0, 0.1) is 44.5 Å². The number of halogens is 4. The molecule has 0 radical (unpaired) electrons. The third kappa shape index (κ3) is 11.8. The zero-order valence-electron chi connectivity index (χ0n) is 48.3. The molecule has 4 aromatic carbocycles. The molecule has 0 atom stereocenters. The van der Waals surface area contributed by atoms with Gasteiger partial charge >= 0.3 is 17.5 Å². The van der Waals surface area contributed by atoms with Crippen molar-refractivity contribution in [2.24, 2.45) is 25.9 Å². The van der Waals surface area contributed by atoms with Crippen molar-refractivity contribution in [2.45, 2.75) is 78.0 Å². The summed E-state index contributed by atoms with van der Waals surface area (Å²) in [6.45, 7) is 10.0. The van der Waals surface area contributed by atoms with E-state index in [1.165, 1.54) is 77.6 Å². The number of nitrogens with zero attached hydrogens (tertiary/aromatic N) is 7. The average Bonchev–Trinajstić information content (AvgIpc) is 1.68. The van der Waals surface area contributed by atoms with Crippen LogP contribution < -0.4 is 60.2 Å². The van der Waals surface area contributed by atoms with E-state index in [0.717, 1.165) is 0 Å². The Labute approximate surface area is 521 Å². The van der Waals surface area contributed by atoms with Crippen molar-refractivity contribution in [3.8, 4) is 11.4 Å². The number of carbonyl (C=O) groups is 3. The highest BCUT2D eigenvalue weighted by molar-refractivity contribution is 14.1. The zero-order valence-corrected chi connectivity index (χ0v) is 52.6. The molecule has 12 rings (SSSR count). The summed E-state index contributed by atoms with van der Waals surface area (Å²) in [5, 5.41) is 14.9. The monoisotopic (exact) mass is 1410 g/mol. The molecule has 2 aliphatic carbocycles. The second kappa shape index (κ2) is 23.5. The first-order chi connectivity index (χ1) is 41.3. The van der Waals surface area contributed by atoms with E-state index in [9.17, 15) is 51.9 Å². The van der Waals surface area contributed by atoms with Crippen molar-refractivity contribution in [2.75, 3.05) is 47.4 Å². The van der Waals surface area contributed by atoms with Gasteiger partial charge in [0.1, 0.15) is 39.6 Å². The summed E-state index contributed by atoms with van der Waals surface area (Å²) in [6.07, 6.45) is 2.13. The smallest absolute Gasteiger partial charge is 0.410 e. The Bertz CT molecular complexity index is 4600. The zero-order chi connectivity index (χ0) is 62.2. The van der Waals surface area contributed by atoms with Crippen LogP contribution in [0.5, 0.6) is 0 Å². The maximum Gasteiger partial charge on any atom is 0.410 e. The van der Waals surface area contributed by atoms with Gasteiger partial charge in [0.05, 0.1) is 45.6 Å². The normalized spacial score (nSPS) is 15.1. The fraction of sp³-hybridized carbons (Fsp3) is 0.328. The first kappa shape index (κ1) is 60.4. The van der Waals surface area contributed by atoms with Gasteiger partial charge in [-0.1, -0.05) is 12.1 Å². The number of aryl methyl sites for hydroxylation is 2. The Morgan fingerprint density at radius 3 is 1.37 bits per heavy atom. The lowest BCUT2D eigenvalue weighted by Crippen LogP contribution is -2.55. The van der Waals surface area contributed by atoms with Crippen LogP contribution in [0.2, 0.25) is 0 Å². The van der Waals surface area contributed by atoms with Gasteiger partial charge in [-0.25, -0.2) is 23.2 Å². The molecule has 0 spiro atoms. The molecule has 3 amide bonds. The molecule has 8 aromatic rings. The molecule has 4 aromatic heterocycles. The van der Waals surface area contributed by atoms with Gasteiger partial charge < -0.3 is 36.2 Å². The Hall–Kier alpha value is -8.25. The molecule has 5 N–H and O–H groups in total. The number of rotatable bonds is 12. The standard InChI is InChI=1S/C33H34FIN6O6.C28H26FIN6O4/c1-17-26-25(27(38(5)29(17)43)37-24-12-9-19(35)13-23(24)34)30(44)41(21-10-11-21)31(45)40(26)22-8-6-7-20(14-22)36-28(42)18-15-39(16-18)32(46)47-33(2,3)4;1-14-23-22(24(34(2)26(14)38)33-21-9-6-16(30)10-20(21)29)27(39)36(18-7-8-18)28(40)35(23)19-5-3-4-17(11-19)32-25(37)15-12-31-13-15/h6-9,12-14,18,21,37H,10-11,15-16H2,1-5H3,(H,36,42);3-6,9-11,15,18,31,33H,7-8,12-13H2,1-2H3,(H,32,37). The number of amides is 3. The van der Waals surface area contributed by atoms with E-state index in [-0.39, 0.29) is 98.8 Å². The van der Waals surface area contributed by atoms with Crippen molar-refractivity contribution < 1.29 is 27.9 Å². The Balaban J connectivity index is 0.000000182. The molecule has 0 bridgehead atoms. The predicted molar refractivity (Wildman–Crippen MR) is 344 cm³/mol. The lowest BCUT2D eigenvalue weighted by atomic mass is 10.00. The third-order valence-electron chi connectivity index (χ3n) is 15.7. The molecular formula is C61H60F2I2N12O10. The summed E-state index contributed by atoms with van der Waals surface area (Å²) in [6, 6.07) is 21.8. The first-order valence-electron chi connectivity index (χ1n) is 28.1. The fourth-order valence-corrected chi connectivity index (χ4v) is 11.6. The highest BCUT2D eigenvalue weighted by atomic mass is 127. The van der Waals surface area contributed by atoms with Crippen LogP contribution in [0.1, 0.15) is 69.7 Å². The Kier molecular flexibility index (Phi) is 16.3. The maximum atomic E-state index is 15.0. The molecule has 4 fully saturated rings. The number of benzene rings is 4. The van der Waals surface area contributed by atoms with Crippen molar-refractivity contribution in [1.82, 2.24) is 37.6 Å². The first-order valence-corrected chi connectivity index (χ1v) is 30.2. The van der Waals surface area contributed by atoms with Crippen LogP contribution in [-0.4, -0.2) is 82.0 Å². The van der Waals surface area contributed by atoms with E-state index >= 15 is 0 Å². The van der Waals surface area contributed by atoms with Gasteiger partial charge in [-0.3, -0.25) is 56.2 Å². The van der Waals surface area contributed by atoms with Crippen LogP contribution in [-0.2, 0) is 28.4 Å². The molecule has 6 heterocycles. The summed E-state index contributed by atoms with van der Waals surface area (Å²) in [7, 11) is 2.99. The molecule has 22 nitrogen and oxygen atoms in total. The van der Waals surface area contributed by atoms with Gasteiger partial charge in [0.2, 0.25) is 11.8 Å². The van der Waals surface area contributed by atoms with E-state index in [0.29, 0.717) is 68.7 Å². The summed E-state index contributed by atoms with van der Waals surface area (Å²) >= 11 is 3.98. The SMILES string of the molecule is Cc1c(=O)n(C)c(Nc2ccc(I)cc2F)c2c(=O)n(C3CC3)c(=O)n(-c3cccc(NC(=O)C4CN(C(=O)OC(C)(C)C)C4)c3)c12.Cc1c(=O)n(C)c(Nc2ccc(I)cc2F)c2c(=O)n(C3CC3)c(=O)n(-c3cccc(NC(=O)C4CNC4)c3)c12. The van der Waals surface area contributed by atoms with Crippen LogP contribution in [0.4, 0.5) is 48.0 Å². The number of hydrogen-bond donors (Lipinski definition) is 5. The highest BCUT2D eigenvalue weighted by Crippen LogP contribution is 2.37. The number of hydrogen-bond acceptors (Lipinski definition) is 13. The van der Waals surface area contributed by atoms with E-state index in [1.807, 2.05) is 45.2 Å². The van der Waals surface area contributed by atoms with Crippen LogP contribution >= 0.6 is 45.2 Å². The predicted octanol–water partition coefficient (Wildman–Crippen LogP) is 7.93. The van der Waals surface area contributed by atoms with Crippen molar-refractivity contribution in [3.05, 3.63) is 177 Å². The largest absolute Gasteiger partial charge is 0.444 e. The minimum Gasteiger partial charge on any atom is -0.444 e. The molecule has 2 saturated carbocycles.